The summed E-state index contributed by atoms with van der Waals surface area (Å²) >= 11 is 0. The van der Waals surface area contributed by atoms with E-state index in [9.17, 15) is 0 Å². The summed E-state index contributed by atoms with van der Waals surface area (Å²) in [6.07, 6.45) is 6.71. The molecule has 0 unspecified atom stereocenters. The van der Waals surface area contributed by atoms with E-state index in [1.165, 1.54) is 12.8 Å². The second kappa shape index (κ2) is 4.41. The largest absolute Gasteiger partial charge is 0.344 e. The Morgan fingerprint density at radius 1 is 1.19 bits per heavy atom. The minimum absolute atomic E-state index is 0.405. The number of hydrogen-bond acceptors (Lipinski definition) is 5. The molecule has 1 saturated carbocycles. The monoisotopic (exact) mass is 224 g/mol. The van der Waals surface area contributed by atoms with Crippen molar-refractivity contribution in [3.63, 3.8) is 0 Å². The number of nitrogens with zero attached hydrogens (tertiary/aromatic N) is 3. The van der Waals surface area contributed by atoms with Crippen molar-refractivity contribution in [3.8, 4) is 0 Å². The first-order valence-electron chi connectivity index (χ1n) is 5.92. The van der Waals surface area contributed by atoms with Crippen LogP contribution in [0.3, 0.4) is 0 Å². The van der Waals surface area contributed by atoms with E-state index in [-0.39, 0.29) is 0 Å². The molecule has 0 amide bonds. The van der Waals surface area contributed by atoms with Gasteiger partial charge in [-0.3, -0.25) is 0 Å². The summed E-state index contributed by atoms with van der Waals surface area (Å²) in [7, 11) is 3.79. The second-order valence-corrected chi connectivity index (χ2v) is 4.86. The highest BCUT2D eigenvalue weighted by Crippen LogP contribution is 2.33. The predicted molar refractivity (Wildman–Crippen MR) is 62.2 cm³/mol. The van der Waals surface area contributed by atoms with Gasteiger partial charge in [0.05, 0.1) is 5.54 Å². The third kappa shape index (κ3) is 2.19. The average Bonchev–Trinajstić information content (AvgIpc) is 2.64. The van der Waals surface area contributed by atoms with E-state index >= 15 is 0 Å². The van der Waals surface area contributed by atoms with Gasteiger partial charge < -0.3 is 15.2 Å². The fraction of sp³-hybridized carbons (Fsp3) is 0.818. The zero-order chi connectivity index (χ0) is 11.6. The SMILES string of the molecule is CN(C)c1noc(C2(N)CCCCCC2)n1. The van der Waals surface area contributed by atoms with Crippen LogP contribution in [0.25, 0.3) is 0 Å². The summed E-state index contributed by atoms with van der Waals surface area (Å²) < 4.78 is 5.30. The van der Waals surface area contributed by atoms with E-state index in [2.05, 4.69) is 10.1 Å². The summed E-state index contributed by atoms with van der Waals surface area (Å²) in [5.74, 6) is 1.20. The molecule has 5 nitrogen and oxygen atoms in total. The number of nitrogens with two attached hydrogens (primary N) is 1. The summed E-state index contributed by atoms with van der Waals surface area (Å²) in [5, 5.41) is 3.93. The molecule has 2 N–H and O–H groups in total. The number of anilines is 1. The zero-order valence-corrected chi connectivity index (χ0v) is 10.1. The fourth-order valence-corrected chi connectivity index (χ4v) is 2.17. The van der Waals surface area contributed by atoms with Gasteiger partial charge in [-0.25, -0.2) is 0 Å². The second-order valence-electron chi connectivity index (χ2n) is 4.86. The Bertz CT molecular complexity index is 340. The van der Waals surface area contributed by atoms with E-state index in [1.54, 1.807) is 0 Å². The van der Waals surface area contributed by atoms with Crippen molar-refractivity contribution in [2.45, 2.75) is 44.1 Å². The average molecular weight is 224 g/mol. The van der Waals surface area contributed by atoms with Gasteiger partial charge in [-0.05, 0) is 18.0 Å². The van der Waals surface area contributed by atoms with Crippen molar-refractivity contribution in [2.75, 3.05) is 19.0 Å². The van der Waals surface area contributed by atoms with Gasteiger partial charge in [0, 0.05) is 14.1 Å². The molecule has 0 aliphatic heterocycles. The van der Waals surface area contributed by atoms with Gasteiger partial charge in [0.1, 0.15) is 0 Å². The molecule has 16 heavy (non-hydrogen) atoms. The predicted octanol–water partition coefficient (Wildman–Crippen LogP) is 1.64. The van der Waals surface area contributed by atoms with Crippen LogP contribution in [0.4, 0.5) is 5.95 Å². The highest BCUT2D eigenvalue weighted by atomic mass is 16.5. The number of rotatable bonds is 2. The minimum atomic E-state index is -0.405. The molecule has 0 atom stereocenters. The van der Waals surface area contributed by atoms with E-state index < -0.39 is 5.54 Å². The Balaban J connectivity index is 2.19. The maximum atomic E-state index is 6.38. The Morgan fingerprint density at radius 2 is 1.81 bits per heavy atom. The van der Waals surface area contributed by atoms with Crippen LogP contribution in [0.5, 0.6) is 0 Å². The van der Waals surface area contributed by atoms with Crippen LogP contribution in [0.2, 0.25) is 0 Å². The van der Waals surface area contributed by atoms with Crippen molar-refractivity contribution < 1.29 is 4.52 Å². The van der Waals surface area contributed by atoms with Crippen LogP contribution < -0.4 is 10.6 Å². The lowest BCUT2D eigenvalue weighted by atomic mass is 9.91. The summed E-state index contributed by atoms with van der Waals surface area (Å²) in [4.78, 5) is 6.20. The van der Waals surface area contributed by atoms with Gasteiger partial charge in [0.15, 0.2) is 0 Å². The van der Waals surface area contributed by atoms with Crippen molar-refractivity contribution in [2.24, 2.45) is 5.73 Å². The van der Waals surface area contributed by atoms with Crippen LogP contribution in [0, 0.1) is 0 Å². The lowest BCUT2D eigenvalue weighted by Gasteiger charge is -2.22. The molecule has 90 valence electrons. The molecule has 1 aromatic heterocycles. The van der Waals surface area contributed by atoms with Crippen molar-refractivity contribution >= 4 is 5.95 Å². The van der Waals surface area contributed by atoms with Crippen LogP contribution in [0.15, 0.2) is 4.52 Å². The van der Waals surface area contributed by atoms with E-state index in [0.717, 1.165) is 25.7 Å². The minimum Gasteiger partial charge on any atom is -0.344 e. The molecule has 0 spiro atoms. The summed E-state index contributed by atoms with van der Waals surface area (Å²) in [6, 6.07) is 0. The van der Waals surface area contributed by atoms with Crippen molar-refractivity contribution in [3.05, 3.63) is 5.89 Å². The Morgan fingerprint density at radius 3 is 2.31 bits per heavy atom. The Kier molecular flexibility index (Phi) is 3.14. The van der Waals surface area contributed by atoms with Crippen LogP contribution in [-0.4, -0.2) is 24.2 Å². The molecule has 1 aliphatic rings. The van der Waals surface area contributed by atoms with Crippen LogP contribution in [-0.2, 0) is 5.54 Å². The third-order valence-electron chi connectivity index (χ3n) is 3.24. The molecule has 0 bridgehead atoms. The van der Waals surface area contributed by atoms with Crippen molar-refractivity contribution in [1.29, 1.82) is 0 Å². The Labute approximate surface area is 96.0 Å². The lowest BCUT2D eigenvalue weighted by molar-refractivity contribution is 0.257. The smallest absolute Gasteiger partial charge is 0.265 e. The molecule has 0 saturated heterocycles. The molecule has 1 aliphatic carbocycles. The van der Waals surface area contributed by atoms with E-state index in [1.807, 2.05) is 19.0 Å². The molecular weight excluding hydrogens is 204 g/mol. The normalized spacial score (nSPS) is 20.4. The maximum Gasteiger partial charge on any atom is 0.265 e. The molecule has 0 radical (unpaired) electrons. The summed E-state index contributed by atoms with van der Waals surface area (Å²) in [5.41, 5.74) is 5.97. The quantitative estimate of drug-likeness (QED) is 0.773. The molecule has 1 aromatic rings. The Hall–Kier alpha value is -1.10. The number of hydrogen-bond donors (Lipinski definition) is 1. The van der Waals surface area contributed by atoms with Crippen LogP contribution >= 0.6 is 0 Å². The number of aromatic nitrogens is 2. The highest BCUT2D eigenvalue weighted by Gasteiger charge is 2.34. The first kappa shape index (κ1) is 11.4. The third-order valence-corrected chi connectivity index (χ3v) is 3.24. The molecule has 1 fully saturated rings. The fourth-order valence-electron chi connectivity index (χ4n) is 2.17. The standard InChI is InChI=1S/C11H20N4O/c1-15(2)10-13-9(16-14-10)11(12)7-5-3-4-6-8-11/h3-8,12H2,1-2H3. The molecule has 1 heterocycles. The van der Waals surface area contributed by atoms with Gasteiger partial charge in [0.2, 0.25) is 5.89 Å². The molecular formula is C11H20N4O. The summed E-state index contributed by atoms with van der Waals surface area (Å²) in [6.45, 7) is 0. The van der Waals surface area contributed by atoms with Gasteiger partial charge in [-0.2, -0.15) is 4.98 Å². The van der Waals surface area contributed by atoms with E-state index in [4.69, 9.17) is 10.3 Å². The topological polar surface area (TPSA) is 68.2 Å². The van der Waals surface area contributed by atoms with Gasteiger partial charge in [-0.15, -0.1) is 0 Å². The van der Waals surface area contributed by atoms with Gasteiger partial charge in [-0.1, -0.05) is 25.7 Å². The van der Waals surface area contributed by atoms with Crippen molar-refractivity contribution in [1.82, 2.24) is 10.1 Å². The van der Waals surface area contributed by atoms with Gasteiger partial charge >= 0.3 is 0 Å². The maximum absolute atomic E-state index is 6.38. The first-order chi connectivity index (χ1) is 7.62. The van der Waals surface area contributed by atoms with E-state index in [0.29, 0.717) is 11.8 Å². The molecule has 2 rings (SSSR count). The van der Waals surface area contributed by atoms with Crippen LogP contribution in [0.1, 0.15) is 44.4 Å². The zero-order valence-electron chi connectivity index (χ0n) is 10.1. The first-order valence-corrected chi connectivity index (χ1v) is 5.92. The molecule has 5 heteroatoms. The highest BCUT2D eigenvalue weighted by molar-refractivity contribution is 5.25. The molecule has 0 aromatic carbocycles. The van der Waals surface area contributed by atoms with Gasteiger partial charge in [0.25, 0.3) is 5.95 Å². The lowest BCUT2D eigenvalue weighted by Crippen LogP contribution is -2.36.